The lowest BCUT2D eigenvalue weighted by atomic mass is 9.62. The molecule has 0 amide bonds. The third-order valence-corrected chi connectivity index (χ3v) is 5.76. The van der Waals surface area contributed by atoms with E-state index in [9.17, 15) is 4.79 Å². The molecule has 1 aliphatic rings. The van der Waals surface area contributed by atoms with Crippen molar-refractivity contribution in [3.63, 3.8) is 0 Å². The number of hydrogen-bond acceptors (Lipinski definition) is 2. The molecule has 3 nitrogen and oxygen atoms in total. The van der Waals surface area contributed by atoms with Gasteiger partial charge in [-0.2, -0.15) is 0 Å². The number of carbonyl (C=O) groups excluding carboxylic acids is 1. The number of carboxylic acid groups (broad SMARTS) is 1. The highest BCUT2D eigenvalue weighted by Gasteiger charge is 2.37. The lowest BCUT2D eigenvalue weighted by Crippen LogP contribution is -2.34. The van der Waals surface area contributed by atoms with Crippen molar-refractivity contribution in [3.05, 3.63) is 69.8 Å². The van der Waals surface area contributed by atoms with Gasteiger partial charge in [-0.15, -0.1) is 0 Å². The first-order valence-electron chi connectivity index (χ1n) is 9.38. The van der Waals surface area contributed by atoms with Gasteiger partial charge >= 0.3 is 0 Å². The number of carbonyl (C=O) groups is 2. The molecule has 1 aliphatic carbocycles. The van der Waals surface area contributed by atoms with Gasteiger partial charge in [0.2, 0.25) is 0 Å². The molecule has 0 unspecified atom stereocenters. The predicted molar refractivity (Wildman–Crippen MR) is 110 cm³/mol. The zero-order chi connectivity index (χ0) is 20.4. The molecule has 144 valence electrons. The summed E-state index contributed by atoms with van der Waals surface area (Å²) < 4.78 is 0. The Morgan fingerprint density at radius 3 is 1.85 bits per heavy atom. The lowest BCUT2D eigenvalue weighted by Gasteiger charge is -2.42. The monoisotopic (exact) mass is 366 g/mol. The van der Waals surface area contributed by atoms with Crippen LogP contribution in [0.2, 0.25) is 0 Å². The smallest absolute Gasteiger partial charge is 0.290 e. The van der Waals surface area contributed by atoms with Crippen molar-refractivity contribution in [1.82, 2.24) is 0 Å². The summed E-state index contributed by atoms with van der Waals surface area (Å²) >= 11 is 0. The molecule has 1 N–H and O–H groups in total. The molecule has 0 fully saturated rings. The predicted octanol–water partition coefficient (Wildman–Crippen LogP) is 5.58. The highest BCUT2D eigenvalue weighted by Crippen LogP contribution is 2.46. The summed E-state index contributed by atoms with van der Waals surface area (Å²) in [5.41, 5.74) is 6.96. The van der Waals surface area contributed by atoms with Crippen LogP contribution in [-0.2, 0) is 15.6 Å². The van der Waals surface area contributed by atoms with Crippen LogP contribution in [0.15, 0.2) is 36.4 Å². The van der Waals surface area contributed by atoms with Crippen LogP contribution in [0.4, 0.5) is 0 Å². The normalized spacial score (nSPS) is 16.5. The van der Waals surface area contributed by atoms with Crippen LogP contribution in [0.25, 0.3) is 0 Å². The second-order valence-electron chi connectivity index (χ2n) is 8.78. The number of ketones is 1. The molecule has 3 rings (SSSR count). The minimum Gasteiger partial charge on any atom is -0.483 e. The molecule has 0 aromatic heterocycles. The van der Waals surface area contributed by atoms with Gasteiger partial charge in [-0.25, -0.2) is 0 Å². The summed E-state index contributed by atoms with van der Waals surface area (Å²) in [4.78, 5) is 21.4. The van der Waals surface area contributed by atoms with Gasteiger partial charge in [-0.05, 0) is 60.3 Å². The molecule has 27 heavy (non-hydrogen) atoms. The Hall–Kier alpha value is -2.42. The van der Waals surface area contributed by atoms with E-state index in [2.05, 4.69) is 46.8 Å². The largest absolute Gasteiger partial charge is 0.483 e. The average molecular weight is 367 g/mol. The third kappa shape index (κ3) is 4.29. The van der Waals surface area contributed by atoms with Crippen LogP contribution in [0.3, 0.4) is 0 Å². The van der Waals surface area contributed by atoms with Gasteiger partial charge in [0.25, 0.3) is 6.47 Å². The maximum absolute atomic E-state index is 13.0. The first kappa shape index (κ1) is 20.9. The van der Waals surface area contributed by atoms with Gasteiger partial charge < -0.3 is 5.11 Å². The van der Waals surface area contributed by atoms with Crippen LogP contribution in [0.1, 0.15) is 78.7 Å². The Morgan fingerprint density at radius 1 is 0.926 bits per heavy atom. The van der Waals surface area contributed by atoms with E-state index in [1.165, 1.54) is 23.1 Å². The van der Waals surface area contributed by atoms with Gasteiger partial charge in [-0.1, -0.05) is 63.6 Å². The first-order valence-corrected chi connectivity index (χ1v) is 9.38. The topological polar surface area (TPSA) is 54.4 Å². The van der Waals surface area contributed by atoms with Crippen molar-refractivity contribution >= 4 is 12.3 Å². The fraction of sp³-hybridized carbons (Fsp3) is 0.417. The Bertz CT molecular complexity index is 843. The van der Waals surface area contributed by atoms with Crippen LogP contribution in [-0.4, -0.2) is 17.4 Å². The fourth-order valence-corrected chi connectivity index (χ4v) is 3.83. The second-order valence-corrected chi connectivity index (χ2v) is 8.78. The summed E-state index contributed by atoms with van der Waals surface area (Å²) in [5.74, 6) is 0.134. The summed E-state index contributed by atoms with van der Waals surface area (Å²) in [7, 11) is 0. The minimum absolute atomic E-state index is 0.126. The van der Waals surface area contributed by atoms with Crippen molar-refractivity contribution in [2.24, 2.45) is 0 Å². The molecule has 2 aromatic carbocycles. The minimum atomic E-state index is -0.250. The van der Waals surface area contributed by atoms with Crippen molar-refractivity contribution < 1.29 is 14.7 Å². The van der Waals surface area contributed by atoms with E-state index in [0.29, 0.717) is 0 Å². The molecule has 0 spiro atoms. The van der Waals surface area contributed by atoms with E-state index in [-0.39, 0.29) is 23.1 Å². The zero-order valence-corrected chi connectivity index (χ0v) is 17.2. The van der Waals surface area contributed by atoms with Crippen molar-refractivity contribution in [2.45, 2.75) is 65.2 Å². The van der Waals surface area contributed by atoms with Crippen LogP contribution >= 0.6 is 0 Å². The number of fused-ring (bicyclic) bond motifs is 1. The van der Waals surface area contributed by atoms with E-state index in [4.69, 9.17) is 9.90 Å². The Morgan fingerprint density at radius 2 is 1.37 bits per heavy atom. The highest BCUT2D eigenvalue weighted by molar-refractivity contribution is 6.10. The van der Waals surface area contributed by atoms with Gasteiger partial charge in [0.1, 0.15) is 0 Å². The Labute approximate surface area is 162 Å². The van der Waals surface area contributed by atoms with Gasteiger partial charge in [0.15, 0.2) is 5.78 Å². The number of hydrogen-bond donors (Lipinski definition) is 1. The second kappa shape index (κ2) is 7.67. The standard InChI is InChI=1S/C23H28O.CH2O2/c1-15-7-9-17(10-8-15)21(24)18-14-20-19(13-16(18)2)22(3,4)11-12-23(20,5)6;2-1-3/h7-10,13-14H,11-12H2,1-6H3;1H,(H,2,3). The third-order valence-electron chi connectivity index (χ3n) is 5.76. The van der Waals surface area contributed by atoms with Crippen molar-refractivity contribution in [2.75, 3.05) is 0 Å². The summed E-state index contributed by atoms with van der Waals surface area (Å²) in [6, 6.07) is 12.3. The summed E-state index contributed by atoms with van der Waals surface area (Å²) in [6.07, 6.45) is 2.35. The molecule has 0 atom stereocenters. The van der Waals surface area contributed by atoms with E-state index in [1.807, 2.05) is 31.2 Å². The molecule has 2 aromatic rings. The molecule has 0 bridgehead atoms. The van der Waals surface area contributed by atoms with E-state index in [1.54, 1.807) is 0 Å². The maximum atomic E-state index is 13.0. The highest BCUT2D eigenvalue weighted by atomic mass is 16.3. The quantitative estimate of drug-likeness (QED) is 0.557. The van der Waals surface area contributed by atoms with E-state index >= 15 is 0 Å². The SMILES string of the molecule is Cc1ccc(C(=O)c2cc3c(cc2C)C(C)(C)CCC3(C)C)cc1.O=CO. The van der Waals surface area contributed by atoms with Gasteiger partial charge in [-0.3, -0.25) is 9.59 Å². The molecule has 0 heterocycles. The first-order chi connectivity index (χ1) is 12.5. The Balaban J connectivity index is 0.000000817. The average Bonchev–Trinajstić information content (AvgIpc) is 2.59. The Kier molecular flexibility index (Phi) is 5.94. The van der Waals surface area contributed by atoms with Gasteiger partial charge in [0.05, 0.1) is 0 Å². The van der Waals surface area contributed by atoms with Crippen molar-refractivity contribution in [3.8, 4) is 0 Å². The number of aryl methyl sites for hydroxylation is 2. The van der Waals surface area contributed by atoms with Crippen molar-refractivity contribution in [1.29, 1.82) is 0 Å². The molecule has 0 saturated heterocycles. The van der Waals surface area contributed by atoms with E-state index < -0.39 is 0 Å². The number of rotatable bonds is 2. The molecule has 0 aliphatic heterocycles. The molecular formula is C24H30O3. The maximum Gasteiger partial charge on any atom is 0.290 e. The molecule has 0 radical (unpaired) electrons. The fourth-order valence-electron chi connectivity index (χ4n) is 3.83. The lowest BCUT2D eigenvalue weighted by molar-refractivity contribution is -0.122. The molecular weight excluding hydrogens is 336 g/mol. The molecule has 0 saturated carbocycles. The summed E-state index contributed by atoms with van der Waals surface area (Å²) in [6.45, 7) is 13.1. The zero-order valence-electron chi connectivity index (χ0n) is 17.2. The van der Waals surface area contributed by atoms with Gasteiger partial charge in [0, 0.05) is 11.1 Å². The van der Waals surface area contributed by atoms with E-state index in [0.717, 1.165) is 23.1 Å². The van der Waals surface area contributed by atoms with Crippen LogP contribution in [0, 0.1) is 13.8 Å². The molecule has 3 heteroatoms. The number of benzene rings is 2. The van der Waals surface area contributed by atoms with Crippen LogP contribution in [0.5, 0.6) is 0 Å². The summed E-state index contributed by atoms with van der Waals surface area (Å²) in [5, 5.41) is 6.89. The van der Waals surface area contributed by atoms with Crippen LogP contribution < -0.4 is 0 Å².